The summed E-state index contributed by atoms with van der Waals surface area (Å²) in [6, 6.07) is -0.769. The fraction of sp³-hybridized carbons (Fsp3) is 0.571. The zero-order valence-electron chi connectivity index (χ0n) is 12.6. The maximum absolute atomic E-state index is 14.2. The van der Waals surface area contributed by atoms with Crippen molar-refractivity contribution in [3.63, 3.8) is 0 Å². The highest BCUT2D eigenvalue weighted by atomic mass is 35.5. The van der Waals surface area contributed by atoms with Crippen LogP contribution in [0, 0.1) is 5.82 Å². The van der Waals surface area contributed by atoms with Gasteiger partial charge in [0.1, 0.15) is 5.82 Å². The van der Waals surface area contributed by atoms with Gasteiger partial charge in [0.05, 0.1) is 17.0 Å². The number of alkyl halides is 6. The molecule has 144 valence electrons. The summed E-state index contributed by atoms with van der Waals surface area (Å²) in [5, 5.41) is 2.08. The highest BCUT2D eigenvalue weighted by Gasteiger charge is 2.39. The van der Waals surface area contributed by atoms with E-state index in [9.17, 15) is 30.7 Å². The first-order valence-electron chi connectivity index (χ1n) is 7.06. The van der Waals surface area contributed by atoms with E-state index in [-0.39, 0.29) is 25.5 Å². The fourth-order valence-electron chi connectivity index (χ4n) is 2.67. The van der Waals surface area contributed by atoms with E-state index >= 15 is 0 Å². The van der Waals surface area contributed by atoms with Crippen LogP contribution in [-0.4, -0.2) is 37.3 Å². The van der Waals surface area contributed by atoms with Crippen molar-refractivity contribution in [3.8, 4) is 0 Å². The molecule has 2 nitrogen and oxygen atoms in total. The van der Waals surface area contributed by atoms with Crippen LogP contribution in [0.3, 0.4) is 0 Å². The lowest BCUT2D eigenvalue weighted by atomic mass is 9.97. The first kappa shape index (κ1) is 22.3. The van der Waals surface area contributed by atoms with Crippen molar-refractivity contribution in [2.75, 3.05) is 26.2 Å². The van der Waals surface area contributed by atoms with Crippen LogP contribution in [0.15, 0.2) is 12.1 Å². The minimum atomic E-state index is -4.83. The number of halogens is 9. The van der Waals surface area contributed by atoms with Gasteiger partial charge in [-0.25, -0.2) is 4.39 Å². The molecule has 0 bridgehead atoms. The summed E-state index contributed by atoms with van der Waals surface area (Å²) in [4.78, 5) is 1.32. The Morgan fingerprint density at radius 1 is 1.08 bits per heavy atom. The Hall–Kier alpha value is -0.770. The topological polar surface area (TPSA) is 15.3 Å². The average molecular weight is 415 g/mol. The summed E-state index contributed by atoms with van der Waals surface area (Å²) in [6.07, 6.45) is -11.0. The predicted octanol–water partition coefficient (Wildman–Crippen LogP) is 4.82. The lowest BCUT2D eigenvalue weighted by Gasteiger charge is -2.36. The van der Waals surface area contributed by atoms with Crippen LogP contribution in [0.5, 0.6) is 0 Å². The SMILES string of the molecule is Cl.Fc1c(Cl)cc(C(F)(F)F)cc1[C@@H](CC(F)(F)F)N1CCNCC1. The molecule has 0 saturated carbocycles. The standard InChI is InChI=1S/C14H14ClF7N2.ClH/c15-10-6-8(14(20,21)22)5-9(12(10)16)11(7-13(17,18)19)24-3-1-23-2-4-24;/h5-6,11,23H,1-4,7H2;1H/t11-;/m1./s1. The van der Waals surface area contributed by atoms with E-state index in [1.165, 1.54) is 4.90 Å². The summed E-state index contributed by atoms with van der Waals surface area (Å²) in [7, 11) is 0. The monoisotopic (exact) mass is 414 g/mol. The molecule has 1 saturated heterocycles. The molecule has 1 aliphatic rings. The van der Waals surface area contributed by atoms with Crippen molar-refractivity contribution in [2.24, 2.45) is 0 Å². The maximum Gasteiger partial charge on any atom is 0.416 e. The molecule has 0 aliphatic carbocycles. The number of nitrogens with one attached hydrogen (secondary N) is 1. The fourth-order valence-corrected chi connectivity index (χ4v) is 2.89. The van der Waals surface area contributed by atoms with Gasteiger partial charge < -0.3 is 5.32 Å². The first-order valence-corrected chi connectivity index (χ1v) is 7.44. The number of nitrogens with zero attached hydrogens (tertiary/aromatic N) is 1. The van der Waals surface area contributed by atoms with E-state index < -0.39 is 46.8 Å². The molecule has 25 heavy (non-hydrogen) atoms. The van der Waals surface area contributed by atoms with E-state index in [1.54, 1.807) is 0 Å². The van der Waals surface area contributed by atoms with Crippen molar-refractivity contribution >= 4 is 24.0 Å². The van der Waals surface area contributed by atoms with Crippen LogP contribution in [-0.2, 0) is 6.18 Å². The second-order valence-corrected chi connectivity index (χ2v) is 5.89. The van der Waals surface area contributed by atoms with Gasteiger partial charge in [-0.1, -0.05) is 11.6 Å². The third-order valence-corrected chi connectivity index (χ3v) is 4.03. The van der Waals surface area contributed by atoms with Gasteiger partial charge in [0.25, 0.3) is 0 Å². The van der Waals surface area contributed by atoms with Crippen LogP contribution in [0.25, 0.3) is 0 Å². The second kappa shape index (κ2) is 8.28. The largest absolute Gasteiger partial charge is 0.416 e. The lowest BCUT2D eigenvalue weighted by Crippen LogP contribution is -2.46. The molecule has 0 unspecified atom stereocenters. The van der Waals surface area contributed by atoms with Gasteiger partial charge in [0.2, 0.25) is 0 Å². The van der Waals surface area contributed by atoms with E-state index in [1.807, 2.05) is 0 Å². The molecule has 2 rings (SSSR count). The van der Waals surface area contributed by atoms with Crippen LogP contribution in [0.2, 0.25) is 5.02 Å². The molecule has 1 N–H and O–H groups in total. The number of piperazine rings is 1. The van der Waals surface area contributed by atoms with Gasteiger partial charge in [-0.3, -0.25) is 4.90 Å². The number of benzene rings is 1. The van der Waals surface area contributed by atoms with E-state index in [4.69, 9.17) is 11.6 Å². The van der Waals surface area contributed by atoms with Crippen molar-refractivity contribution < 1.29 is 30.7 Å². The van der Waals surface area contributed by atoms with Gasteiger partial charge in [-0.2, -0.15) is 26.3 Å². The molecule has 1 fully saturated rings. The average Bonchev–Trinajstić information content (AvgIpc) is 2.46. The number of hydrogen-bond donors (Lipinski definition) is 1. The van der Waals surface area contributed by atoms with E-state index in [0.29, 0.717) is 25.2 Å². The lowest BCUT2D eigenvalue weighted by molar-refractivity contribution is -0.149. The van der Waals surface area contributed by atoms with Gasteiger partial charge in [-0.15, -0.1) is 12.4 Å². The molecule has 1 aliphatic heterocycles. The van der Waals surface area contributed by atoms with Crippen LogP contribution in [0.4, 0.5) is 30.7 Å². The van der Waals surface area contributed by atoms with Crippen LogP contribution in [0.1, 0.15) is 23.6 Å². The summed E-state index contributed by atoms with van der Waals surface area (Å²) < 4.78 is 91.6. The normalized spacial score (nSPS) is 17.9. The molecule has 0 aromatic heterocycles. The first-order chi connectivity index (χ1) is 11.0. The van der Waals surface area contributed by atoms with E-state index in [0.717, 1.165) is 0 Å². The quantitative estimate of drug-likeness (QED) is 0.713. The molecule has 0 amide bonds. The Kier molecular flexibility index (Phi) is 7.38. The predicted molar refractivity (Wildman–Crippen MR) is 81.5 cm³/mol. The van der Waals surface area contributed by atoms with Crippen LogP contribution >= 0.6 is 24.0 Å². The third-order valence-electron chi connectivity index (χ3n) is 3.76. The summed E-state index contributed by atoms with van der Waals surface area (Å²) in [5.74, 6) is -1.25. The van der Waals surface area contributed by atoms with Crippen molar-refractivity contribution in [2.45, 2.75) is 24.8 Å². The zero-order chi connectivity index (χ0) is 18.1. The van der Waals surface area contributed by atoms with Gasteiger partial charge >= 0.3 is 12.4 Å². The highest BCUT2D eigenvalue weighted by molar-refractivity contribution is 6.30. The van der Waals surface area contributed by atoms with Gasteiger partial charge in [0, 0.05) is 37.8 Å². The Labute approximate surface area is 150 Å². The van der Waals surface area contributed by atoms with Crippen LogP contribution < -0.4 is 5.32 Å². The molecule has 1 atom stereocenters. The Balaban J connectivity index is 0.00000312. The van der Waals surface area contributed by atoms with Crippen molar-refractivity contribution in [1.82, 2.24) is 10.2 Å². The second-order valence-electron chi connectivity index (χ2n) is 5.48. The van der Waals surface area contributed by atoms with Crippen molar-refractivity contribution in [1.29, 1.82) is 0 Å². The summed E-state index contributed by atoms with van der Waals surface area (Å²) >= 11 is 5.49. The Morgan fingerprint density at radius 3 is 2.12 bits per heavy atom. The number of hydrogen-bond acceptors (Lipinski definition) is 2. The molecular formula is C14H15Cl2F7N2. The summed E-state index contributed by atoms with van der Waals surface area (Å²) in [6.45, 7) is 1.05. The van der Waals surface area contributed by atoms with Gasteiger partial charge in [0.15, 0.2) is 0 Å². The molecule has 1 aromatic rings. The van der Waals surface area contributed by atoms with Crippen molar-refractivity contribution in [3.05, 3.63) is 34.1 Å². The molecule has 1 aromatic carbocycles. The smallest absolute Gasteiger partial charge is 0.314 e. The molecule has 0 spiro atoms. The third kappa shape index (κ3) is 5.87. The molecule has 1 heterocycles. The maximum atomic E-state index is 14.2. The number of rotatable bonds is 3. The Bertz CT molecular complexity index is 584. The minimum Gasteiger partial charge on any atom is -0.314 e. The highest BCUT2D eigenvalue weighted by Crippen LogP contribution is 2.40. The van der Waals surface area contributed by atoms with E-state index in [2.05, 4.69) is 5.32 Å². The Morgan fingerprint density at radius 2 is 1.64 bits per heavy atom. The summed E-state index contributed by atoms with van der Waals surface area (Å²) in [5.41, 5.74) is -1.96. The van der Waals surface area contributed by atoms with Gasteiger partial charge in [-0.05, 0) is 12.1 Å². The molecule has 0 radical (unpaired) electrons. The minimum absolute atomic E-state index is 0. The molecule has 11 heteroatoms. The molecular weight excluding hydrogens is 400 g/mol. The zero-order valence-corrected chi connectivity index (χ0v) is 14.2.